The Labute approximate surface area is 222 Å². The molecule has 38 heavy (non-hydrogen) atoms. The van der Waals surface area contributed by atoms with Crippen LogP contribution in [0, 0.1) is 18.7 Å². The zero-order chi connectivity index (χ0) is 28.1. The van der Waals surface area contributed by atoms with Gasteiger partial charge in [-0.1, -0.05) is 0 Å². The number of ether oxygens (including phenoxy) is 2. The molecule has 1 aliphatic heterocycles. The van der Waals surface area contributed by atoms with Crippen molar-refractivity contribution in [3.05, 3.63) is 41.6 Å². The number of aromatic nitrogens is 2. The van der Waals surface area contributed by atoms with E-state index in [1.54, 1.807) is 51.0 Å². The zero-order valence-electron chi connectivity index (χ0n) is 22.4. The summed E-state index contributed by atoms with van der Waals surface area (Å²) in [6.07, 6.45) is 4.09. The SMILES string of the molecule is COCCn1cnc(-c2cc(C)c(F)c(C(=O)NNS(=O)(=O)CC3CCCN(C(=O)OC(C)(C)C)C3)c2)c1. The number of aryl methyl sites for hydroxylation is 1. The molecule has 1 aliphatic rings. The lowest BCUT2D eigenvalue weighted by Gasteiger charge is -2.34. The quantitative estimate of drug-likeness (QED) is 0.457. The van der Waals surface area contributed by atoms with E-state index in [9.17, 15) is 22.4 Å². The molecule has 0 aliphatic carbocycles. The standard InChI is InChI=1S/C25H36FN5O6S/c1-17-11-19(21-14-30(16-27-21)9-10-36-5)12-20(22(17)26)23(32)28-29-38(34,35)15-18-7-6-8-31(13-18)24(33)37-25(2,3)4/h11-12,14,16,18,29H,6-10,13,15H2,1-5H3,(H,28,32). The minimum atomic E-state index is -3.97. The number of imidazole rings is 1. The number of likely N-dealkylation sites (tertiary alicyclic amines) is 1. The average Bonchev–Trinajstić information content (AvgIpc) is 3.31. The maximum absolute atomic E-state index is 14.8. The van der Waals surface area contributed by atoms with Crippen molar-refractivity contribution in [2.45, 2.75) is 52.7 Å². The third-order valence-corrected chi connectivity index (χ3v) is 7.25. The number of methoxy groups -OCH3 is 1. The van der Waals surface area contributed by atoms with E-state index < -0.39 is 33.4 Å². The molecular weight excluding hydrogens is 517 g/mol. The third kappa shape index (κ3) is 8.23. The number of piperidine rings is 1. The normalized spacial score (nSPS) is 16.4. The summed E-state index contributed by atoms with van der Waals surface area (Å²) in [6.45, 7) is 8.57. The van der Waals surface area contributed by atoms with Gasteiger partial charge in [0.2, 0.25) is 10.0 Å². The Morgan fingerprint density at radius 1 is 1.26 bits per heavy atom. The van der Waals surface area contributed by atoms with Crippen molar-refractivity contribution in [2.75, 3.05) is 32.6 Å². The van der Waals surface area contributed by atoms with Crippen LogP contribution in [0.15, 0.2) is 24.7 Å². The summed E-state index contributed by atoms with van der Waals surface area (Å²) in [5, 5.41) is 0. The van der Waals surface area contributed by atoms with Crippen molar-refractivity contribution in [3.8, 4) is 11.3 Å². The van der Waals surface area contributed by atoms with Crippen molar-refractivity contribution in [3.63, 3.8) is 0 Å². The number of carbonyl (C=O) groups excluding carboxylic acids is 2. The smallest absolute Gasteiger partial charge is 0.410 e. The highest BCUT2D eigenvalue weighted by Gasteiger charge is 2.30. The summed E-state index contributed by atoms with van der Waals surface area (Å²) < 4.78 is 52.4. The Balaban J connectivity index is 1.64. The van der Waals surface area contributed by atoms with Gasteiger partial charge in [0.15, 0.2) is 0 Å². The fourth-order valence-electron chi connectivity index (χ4n) is 4.15. The van der Waals surface area contributed by atoms with Crippen LogP contribution >= 0.6 is 0 Å². The lowest BCUT2D eigenvalue weighted by molar-refractivity contribution is 0.0175. The van der Waals surface area contributed by atoms with Crippen LogP contribution in [-0.2, 0) is 26.0 Å². The van der Waals surface area contributed by atoms with Gasteiger partial charge in [-0.25, -0.2) is 22.6 Å². The molecule has 1 fully saturated rings. The maximum atomic E-state index is 14.8. The number of hydrogen-bond acceptors (Lipinski definition) is 7. The van der Waals surface area contributed by atoms with Gasteiger partial charge < -0.3 is 18.9 Å². The second-order valence-electron chi connectivity index (χ2n) is 10.4. The van der Waals surface area contributed by atoms with E-state index in [1.807, 2.05) is 0 Å². The van der Waals surface area contributed by atoms with Crippen LogP contribution in [0.4, 0.5) is 9.18 Å². The van der Waals surface area contributed by atoms with Gasteiger partial charge in [0.05, 0.1) is 29.9 Å². The van der Waals surface area contributed by atoms with E-state index >= 15 is 0 Å². The molecule has 1 atom stereocenters. The lowest BCUT2D eigenvalue weighted by atomic mass is 10.0. The number of carbonyl (C=O) groups is 2. The van der Waals surface area contributed by atoms with Crippen LogP contribution < -0.4 is 10.3 Å². The number of halogens is 1. The average molecular weight is 554 g/mol. The monoisotopic (exact) mass is 553 g/mol. The molecule has 3 rings (SSSR count). The Hall–Kier alpha value is -3.03. The second-order valence-corrected chi connectivity index (χ2v) is 12.2. The first-order valence-electron chi connectivity index (χ1n) is 12.4. The van der Waals surface area contributed by atoms with Crippen LogP contribution in [0.25, 0.3) is 11.3 Å². The van der Waals surface area contributed by atoms with E-state index in [2.05, 4.69) is 15.2 Å². The molecule has 1 saturated heterocycles. The van der Waals surface area contributed by atoms with Gasteiger partial charge in [-0.15, -0.1) is 4.83 Å². The number of nitrogens with one attached hydrogen (secondary N) is 2. The first kappa shape index (κ1) is 29.5. The number of benzene rings is 1. The molecule has 1 unspecified atom stereocenters. The number of nitrogens with zero attached hydrogens (tertiary/aromatic N) is 3. The largest absolute Gasteiger partial charge is 0.444 e. The fraction of sp³-hybridized carbons (Fsp3) is 0.560. The van der Waals surface area contributed by atoms with Crippen LogP contribution in [-0.4, -0.2) is 73.0 Å². The summed E-state index contributed by atoms with van der Waals surface area (Å²) in [5.74, 6) is -2.35. The fourth-order valence-corrected chi connectivity index (χ4v) is 5.37. The molecule has 210 valence electrons. The van der Waals surface area contributed by atoms with E-state index in [4.69, 9.17) is 9.47 Å². The molecule has 1 aromatic heterocycles. The molecule has 0 saturated carbocycles. The lowest BCUT2D eigenvalue weighted by Crippen LogP contribution is -2.48. The van der Waals surface area contributed by atoms with Gasteiger partial charge in [0, 0.05) is 38.5 Å². The molecule has 11 nitrogen and oxygen atoms in total. The second kappa shape index (κ2) is 12.2. The summed E-state index contributed by atoms with van der Waals surface area (Å²) in [6, 6.07) is 2.90. The molecule has 2 heterocycles. The van der Waals surface area contributed by atoms with Crippen molar-refractivity contribution >= 4 is 22.0 Å². The molecule has 1 aromatic carbocycles. The van der Waals surface area contributed by atoms with Gasteiger partial charge in [-0.2, -0.15) is 0 Å². The van der Waals surface area contributed by atoms with Crippen LogP contribution in [0.1, 0.15) is 49.5 Å². The number of rotatable bonds is 9. The summed E-state index contributed by atoms with van der Waals surface area (Å²) in [5.41, 5.74) is 2.40. The van der Waals surface area contributed by atoms with Crippen molar-refractivity contribution in [1.82, 2.24) is 24.7 Å². The molecular formula is C25H36FN5O6S. The Bertz CT molecular complexity index is 1260. The minimum Gasteiger partial charge on any atom is -0.444 e. The first-order chi connectivity index (χ1) is 17.8. The van der Waals surface area contributed by atoms with Crippen molar-refractivity contribution in [1.29, 1.82) is 0 Å². The van der Waals surface area contributed by atoms with E-state index in [1.165, 1.54) is 17.9 Å². The number of amides is 2. The van der Waals surface area contributed by atoms with E-state index in [-0.39, 0.29) is 29.3 Å². The number of hydrogen-bond donors (Lipinski definition) is 2. The topological polar surface area (TPSA) is 132 Å². The minimum absolute atomic E-state index is 0.214. The number of sulfonamides is 1. The van der Waals surface area contributed by atoms with Crippen molar-refractivity contribution in [2.24, 2.45) is 5.92 Å². The molecule has 0 bridgehead atoms. The van der Waals surface area contributed by atoms with Crippen LogP contribution in [0.2, 0.25) is 0 Å². The zero-order valence-corrected chi connectivity index (χ0v) is 23.2. The summed E-state index contributed by atoms with van der Waals surface area (Å²) in [7, 11) is -2.38. The van der Waals surface area contributed by atoms with Crippen LogP contribution in [0.3, 0.4) is 0 Å². The molecule has 2 N–H and O–H groups in total. The highest BCUT2D eigenvalue weighted by Crippen LogP contribution is 2.24. The predicted molar refractivity (Wildman–Crippen MR) is 139 cm³/mol. The van der Waals surface area contributed by atoms with Gasteiger partial charge in [-0.3, -0.25) is 10.2 Å². The summed E-state index contributed by atoms with van der Waals surface area (Å²) >= 11 is 0. The van der Waals surface area contributed by atoms with Gasteiger partial charge in [-0.05, 0) is 64.2 Å². The summed E-state index contributed by atoms with van der Waals surface area (Å²) in [4.78, 5) is 33.0. The Morgan fingerprint density at radius 2 is 2.00 bits per heavy atom. The third-order valence-electron chi connectivity index (χ3n) is 5.93. The molecule has 2 amide bonds. The molecule has 2 aromatic rings. The van der Waals surface area contributed by atoms with E-state index in [0.717, 1.165) is 0 Å². The molecule has 0 spiro atoms. The van der Waals surface area contributed by atoms with E-state index in [0.29, 0.717) is 43.8 Å². The highest BCUT2D eigenvalue weighted by molar-refractivity contribution is 7.89. The molecule has 0 radical (unpaired) electrons. The number of hydrazine groups is 1. The van der Waals surface area contributed by atoms with Gasteiger partial charge >= 0.3 is 6.09 Å². The van der Waals surface area contributed by atoms with Gasteiger partial charge in [0.25, 0.3) is 5.91 Å². The highest BCUT2D eigenvalue weighted by atomic mass is 32.2. The maximum Gasteiger partial charge on any atom is 0.410 e. The van der Waals surface area contributed by atoms with Crippen LogP contribution in [0.5, 0.6) is 0 Å². The van der Waals surface area contributed by atoms with Crippen molar-refractivity contribution < 1.29 is 31.9 Å². The Kier molecular flexibility index (Phi) is 9.49. The molecule has 13 heteroatoms. The van der Waals surface area contributed by atoms with Gasteiger partial charge in [0.1, 0.15) is 11.4 Å². The first-order valence-corrected chi connectivity index (χ1v) is 14.0. The predicted octanol–water partition coefficient (Wildman–Crippen LogP) is 2.86. The Morgan fingerprint density at radius 3 is 2.68 bits per heavy atom.